The number of likely N-dealkylation sites (tertiary alicyclic amines) is 1. The van der Waals surface area contributed by atoms with Crippen LogP contribution in [0.1, 0.15) is 37.8 Å². The number of nitrogens with two attached hydrogens (primary N) is 1. The van der Waals surface area contributed by atoms with E-state index in [1.165, 1.54) is 0 Å². The first-order valence-electron chi connectivity index (χ1n) is 9.37. The SMILES string of the molecule is CC(C)(C(=O)Nc1cccc(CN2CCCC2C(N)=O)c1)c1ccccc1. The lowest BCUT2D eigenvalue weighted by Gasteiger charge is -2.25. The molecule has 0 spiro atoms. The lowest BCUT2D eigenvalue weighted by molar-refractivity contribution is -0.122. The van der Waals surface area contributed by atoms with Crippen LogP contribution >= 0.6 is 0 Å². The fourth-order valence-electron chi connectivity index (χ4n) is 3.59. The molecule has 0 aromatic heterocycles. The fourth-order valence-corrected chi connectivity index (χ4v) is 3.59. The Morgan fingerprint density at radius 3 is 2.59 bits per heavy atom. The molecule has 1 heterocycles. The van der Waals surface area contributed by atoms with Crippen LogP contribution in [-0.4, -0.2) is 29.3 Å². The van der Waals surface area contributed by atoms with Gasteiger partial charge in [0.1, 0.15) is 0 Å². The zero-order valence-electron chi connectivity index (χ0n) is 15.9. The van der Waals surface area contributed by atoms with Crippen molar-refractivity contribution >= 4 is 17.5 Å². The van der Waals surface area contributed by atoms with E-state index in [4.69, 9.17) is 5.73 Å². The first kappa shape index (κ1) is 19.1. The molecule has 142 valence electrons. The maximum atomic E-state index is 12.8. The van der Waals surface area contributed by atoms with Gasteiger partial charge in [0.15, 0.2) is 0 Å². The lowest BCUT2D eigenvalue weighted by atomic mass is 9.83. The monoisotopic (exact) mass is 365 g/mol. The molecule has 2 amide bonds. The predicted molar refractivity (Wildman–Crippen MR) is 107 cm³/mol. The Balaban J connectivity index is 1.70. The van der Waals surface area contributed by atoms with Crippen LogP contribution in [0.5, 0.6) is 0 Å². The van der Waals surface area contributed by atoms with Crippen LogP contribution < -0.4 is 11.1 Å². The molecule has 2 aromatic rings. The van der Waals surface area contributed by atoms with E-state index in [-0.39, 0.29) is 17.9 Å². The van der Waals surface area contributed by atoms with Crippen molar-refractivity contribution in [2.45, 2.75) is 44.7 Å². The molecule has 1 aliphatic rings. The number of carbonyl (C=O) groups is 2. The summed E-state index contributed by atoms with van der Waals surface area (Å²) in [5, 5.41) is 3.03. The summed E-state index contributed by atoms with van der Waals surface area (Å²) in [5.74, 6) is -0.316. The quantitative estimate of drug-likeness (QED) is 0.826. The van der Waals surface area contributed by atoms with Crippen LogP contribution in [0.2, 0.25) is 0 Å². The predicted octanol–water partition coefficient (Wildman–Crippen LogP) is 3.05. The van der Waals surface area contributed by atoms with Gasteiger partial charge in [0, 0.05) is 12.2 Å². The van der Waals surface area contributed by atoms with Crippen molar-refractivity contribution in [3.05, 3.63) is 65.7 Å². The van der Waals surface area contributed by atoms with Crippen LogP contribution in [-0.2, 0) is 21.5 Å². The van der Waals surface area contributed by atoms with Gasteiger partial charge in [-0.05, 0) is 56.5 Å². The van der Waals surface area contributed by atoms with Crippen LogP contribution in [0.3, 0.4) is 0 Å². The number of hydrogen-bond acceptors (Lipinski definition) is 3. The van der Waals surface area contributed by atoms with Gasteiger partial charge in [-0.25, -0.2) is 0 Å². The Bertz CT molecular complexity index is 817. The summed E-state index contributed by atoms with van der Waals surface area (Å²) in [4.78, 5) is 26.5. The third-order valence-corrected chi connectivity index (χ3v) is 5.33. The van der Waals surface area contributed by atoms with E-state index in [0.29, 0.717) is 6.54 Å². The first-order valence-corrected chi connectivity index (χ1v) is 9.37. The molecule has 1 aliphatic heterocycles. The minimum absolute atomic E-state index is 0.0537. The molecule has 0 bridgehead atoms. The zero-order chi connectivity index (χ0) is 19.4. The van der Waals surface area contributed by atoms with Crippen LogP contribution in [0.25, 0.3) is 0 Å². The average Bonchev–Trinajstić information content (AvgIpc) is 3.11. The number of rotatable bonds is 6. The summed E-state index contributed by atoms with van der Waals surface area (Å²) in [7, 11) is 0. The van der Waals surface area contributed by atoms with E-state index in [0.717, 1.165) is 36.2 Å². The maximum absolute atomic E-state index is 12.8. The first-order chi connectivity index (χ1) is 12.9. The van der Waals surface area contributed by atoms with Gasteiger partial charge in [0.25, 0.3) is 0 Å². The Morgan fingerprint density at radius 1 is 1.15 bits per heavy atom. The molecule has 0 radical (unpaired) electrons. The minimum atomic E-state index is -0.636. The second-order valence-electron chi connectivity index (χ2n) is 7.68. The standard InChI is InChI=1S/C22H27N3O2/c1-22(2,17-9-4-3-5-10-17)21(27)24-18-11-6-8-16(14-18)15-25-13-7-12-19(25)20(23)26/h3-6,8-11,14,19H,7,12-13,15H2,1-2H3,(H2,23,26)(H,24,27). The van der Waals surface area contributed by atoms with E-state index in [2.05, 4.69) is 10.2 Å². The molecule has 3 N–H and O–H groups in total. The van der Waals surface area contributed by atoms with Crippen LogP contribution in [0, 0.1) is 0 Å². The van der Waals surface area contributed by atoms with Crippen molar-refractivity contribution in [1.29, 1.82) is 0 Å². The number of primary amides is 1. The lowest BCUT2D eigenvalue weighted by Crippen LogP contribution is -2.39. The number of anilines is 1. The molecule has 5 nitrogen and oxygen atoms in total. The summed E-state index contributed by atoms with van der Waals surface area (Å²) < 4.78 is 0. The van der Waals surface area contributed by atoms with Gasteiger partial charge in [-0.2, -0.15) is 0 Å². The van der Waals surface area contributed by atoms with Gasteiger partial charge >= 0.3 is 0 Å². The summed E-state index contributed by atoms with van der Waals surface area (Å²) in [6.07, 6.45) is 1.80. The van der Waals surface area contributed by atoms with Crippen molar-refractivity contribution < 1.29 is 9.59 Å². The van der Waals surface area contributed by atoms with Gasteiger partial charge in [-0.3, -0.25) is 14.5 Å². The molecule has 1 unspecified atom stereocenters. The molecule has 3 rings (SSSR count). The fraction of sp³-hybridized carbons (Fsp3) is 0.364. The normalized spacial score (nSPS) is 17.6. The van der Waals surface area contributed by atoms with Gasteiger partial charge in [-0.15, -0.1) is 0 Å². The highest BCUT2D eigenvalue weighted by Gasteiger charge is 2.30. The topological polar surface area (TPSA) is 75.4 Å². The smallest absolute Gasteiger partial charge is 0.234 e. The summed E-state index contributed by atoms with van der Waals surface area (Å²) >= 11 is 0. The van der Waals surface area contributed by atoms with Gasteiger partial charge < -0.3 is 11.1 Å². The number of nitrogens with zero attached hydrogens (tertiary/aromatic N) is 1. The Labute approximate surface area is 160 Å². The zero-order valence-corrected chi connectivity index (χ0v) is 15.9. The van der Waals surface area contributed by atoms with E-state index in [1.54, 1.807) is 0 Å². The van der Waals surface area contributed by atoms with Crippen molar-refractivity contribution in [2.75, 3.05) is 11.9 Å². The largest absolute Gasteiger partial charge is 0.368 e. The summed E-state index contributed by atoms with van der Waals surface area (Å²) in [5.41, 5.74) is 7.65. The van der Waals surface area contributed by atoms with E-state index in [1.807, 2.05) is 68.4 Å². The van der Waals surface area contributed by atoms with Crippen LogP contribution in [0.4, 0.5) is 5.69 Å². The second kappa shape index (κ2) is 7.92. The molecule has 0 aliphatic carbocycles. The summed E-state index contributed by atoms with van der Waals surface area (Å²) in [6, 6.07) is 17.4. The van der Waals surface area contributed by atoms with Gasteiger partial charge in [-0.1, -0.05) is 42.5 Å². The Hall–Kier alpha value is -2.66. The maximum Gasteiger partial charge on any atom is 0.234 e. The Morgan fingerprint density at radius 2 is 1.89 bits per heavy atom. The van der Waals surface area contributed by atoms with Gasteiger partial charge in [0.2, 0.25) is 11.8 Å². The molecule has 1 fully saturated rings. The van der Waals surface area contributed by atoms with Crippen molar-refractivity contribution in [2.24, 2.45) is 5.73 Å². The van der Waals surface area contributed by atoms with E-state index < -0.39 is 5.41 Å². The third-order valence-electron chi connectivity index (χ3n) is 5.33. The number of amides is 2. The molecule has 5 heteroatoms. The van der Waals surface area contributed by atoms with Crippen molar-refractivity contribution in [3.63, 3.8) is 0 Å². The summed E-state index contributed by atoms with van der Waals surface area (Å²) in [6.45, 7) is 5.36. The number of hydrogen-bond donors (Lipinski definition) is 2. The average molecular weight is 365 g/mol. The van der Waals surface area contributed by atoms with Gasteiger partial charge in [0.05, 0.1) is 11.5 Å². The second-order valence-corrected chi connectivity index (χ2v) is 7.68. The highest BCUT2D eigenvalue weighted by Crippen LogP contribution is 2.26. The van der Waals surface area contributed by atoms with E-state index >= 15 is 0 Å². The third kappa shape index (κ3) is 4.37. The molecule has 0 saturated carbocycles. The van der Waals surface area contributed by atoms with Crippen molar-refractivity contribution in [1.82, 2.24) is 4.90 Å². The Kier molecular flexibility index (Phi) is 5.61. The molecule has 27 heavy (non-hydrogen) atoms. The molecule has 1 atom stereocenters. The molecule has 2 aromatic carbocycles. The van der Waals surface area contributed by atoms with E-state index in [9.17, 15) is 9.59 Å². The molecular formula is C22H27N3O2. The molecule has 1 saturated heterocycles. The highest BCUT2D eigenvalue weighted by atomic mass is 16.2. The number of nitrogens with one attached hydrogen (secondary N) is 1. The van der Waals surface area contributed by atoms with Crippen LogP contribution in [0.15, 0.2) is 54.6 Å². The minimum Gasteiger partial charge on any atom is -0.368 e. The van der Waals surface area contributed by atoms with Crippen molar-refractivity contribution in [3.8, 4) is 0 Å². The molecular weight excluding hydrogens is 338 g/mol. The number of carbonyl (C=O) groups excluding carboxylic acids is 2. The highest BCUT2D eigenvalue weighted by molar-refractivity contribution is 5.98. The number of benzene rings is 2.